The van der Waals surface area contributed by atoms with Gasteiger partial charge < -0.3 is 10.0 Å². The van der Waals surface area contributed by atoms with Crippen LogP contribution in [0.3, 0.4) is 0 Å². The van der Waals surface area contributed by atoms with E-state index in [1.54, 1.807) is 25.1 Å². The first-order valence-corrected chi connectivity index (χ1v) is 6.18. The molecule has 18 heavy (non-hydrogen) atoms. The van der Waals surface area contributed by atoms with Gasteiger partial charge in [0.2, 0.25) is 5.91 Å². The monoisotopic (exact) mass is 289 g/mol. The zero-order valence-electron chi connectivity index (χ0n) is 9.82. The van der Waals surface area contributed by atoms with E-state index >= 15 is 0 Å². The summed E-state index contributed by atoms with van der Waals surface area (Å²) in [5, 5.41) is 9.49. The summed E-state index contributed by atoms with van der Waals surface area (Å²) in [6, 6.07) is 4.73. The number of carboxylic acid groups (broad SMARTS) is 1. The molecule has 0 fully saturated rings. The molecule has 1 N–H and O–H groups in total. The Bertz CT molecular complexity index is 442. The maximum Gasteiger partial charge on any atom is 0.305 e. The SMILES string of the molecule is CCC(=O)N(CCC(=O)O)c1cc(Cl)cc(Cl)c1. The molecule has 0 radical (unpaired) electrons. The fraction of sp³-hybridized carbons (Fsp3) is 0.333. The lowest BCUT2D eigenvalue weighted by molar-refractivity contribution is -0.136. The van der Waals surface area contributed by atoms with Crippen LogP contribution in [0.5, 0.6) is 0 Å². The van der Waals surface area contributed by atoms with Gasteiger partial charge in [-0.2, -0.15) is 0 Å². The van der Waals surface area contributed by atoms with Gasteiger partial charge in [0.25, 0.3) is 0 Å². The topological polar surface area (TPSA) is 57.6 Å². The molecule has 0 spiro atoms. The summed E-state index contributed by atoms with van der Waals surface area (Å²) in [6.07, 6.45) is 0.152. The van der Waals surface area contributed by atoms with Crippen LogP contribution in [-0.4, -0.2) is 23.5 Å². The second kappa shape index (κ2) is 6.61. The standard InChI is InChI=1S/C12H13Cl2NO3/c1-2-11(16)15(4-3-12(17)18)10-6-8(13)5-9(14)7-10/h5-7H,2-4H2,1H3,(H,17,18). The van der Waals surface area contributed by atoms with E-state index in [0.29, 0.717) is 15.7 Å². The minimum absolute atomic E-state index is 0.0959. The van der Waals surface area contributed by atoms with E-state index in [2.05, 4.69) is 0 Å². The molecule has 1 aromatic rings. The predicted octanol–water partition coefficient (Wildman–Crippen LogP) is 3.21. The zero-order chi connectivity index (χ0) is 13.7. The highest BCUT2D eigenvalue weighted by atomic mass is 35.5. The van der Waals surface area contributed by atoms with Crippen molar-refractivity contribution in [2.24, 2.45) is 0 Å². The molecular formula is C12H13Cl2NO3. The molecule has 0 aliphatic rings. The Balaban J connectivity index is 3.00. The lowest BCUT2D eigenvalue weighted by Gasteiger charge is -2.22. The number of anilines is 1. The molecule has 98 valence electrons. The molecule has 0 heterocycles. The van der Waals surface area contributed by atoms with Crippen molar-refractivity contribution >= 4 is 40.8 Å². The molecule has 1 amide bonds. The summed E-state index contributed by atoms with van der Waals surface area (Å²) in [4.78, 5) is 23.8. The minimum atomic E-state index is -0.961. The molecule has 1 aromatic carbocycles. The van der Waals surface area contributed by atoms with Gasteiger partial charge in [-0.1, -0.05) is 30.1 Å². The molecule has 0 saturated carbocycles. The van der Waals surface area contributed by atoms with Crippen LogP contribution in [0.2, 0.25) is 10.0 Å². The number of amides is 1. The van der Waals surface area contributed by atoms with E-state index in [9.17, 15) is 9.59 Å². The van der Waals surface area contributed by atoms with Gasteiger partial charge in [0, 0.05) is 28.7 Å². The smallest absolute Gasteiger partial charge is 0.305 e. The fourth-order valence-electron chi connectivity index (χ4n) is 1.49. The molecule has 0 aliphatic heterocycles. The molecule has 0 aliphatic carbocycles. The van der Waals surface area contributed by atoms with E-state index < -0.39 is 5.97 Å². The quantitative estimate of drug-likeness (QED) is 0.905. The summed E-state index contributed by atoms with van der Waals surface area (Å²) >= 11 is 11.7. The fourth-order valence-corrected chi connectivity index (χ4v) is 2.01. The number of rotatable bonds is 5. The Hall–Kier alpha value is -1.26. The van der Waals surface area contributed by atoms with E-state index in [4.69, 9.17) is 28.3 Å². The van der Waals surface area contributed by atoms with Crippen molar-refractivity contribution in [3.63, 3.8) is 0 Å². The van der Waals surface area contributed by atoms with Crippen LogP contribution in [-0.2, 0) is 9.59 Å². The third-order valence-electron chi connectivity index (χ3n) is 2.31. The highest BCUT2D eigenvalue weighted by Gasteiger charge is 2.16. The normalized spacial score (nSPS) is 10.2. The molecule has 0 unspecified atom stereocenters. The van der Waals surface area contributed by atoms with Crippen LogP contribution in [0.1, 0.15) is 19.8 Å². The molecule has 0 bridgehead atoms. The molecule has 0 aromatic heterocycles. The number of hydrogen-bond acceptors (Lipinski definition) is 2. The van der Waals surface area contributed by atoms with Crippen molar-refractivity contribution in [2.45, 2.75) is 19.8 Å². The van der Waals surface area contributed by atoms with Crippen LogP contribution in [0.25, 0.3) is 0 Å². The Morgan fingerprint density at radius 2 is 1.78 bits per heavy atom. The van der Waals surface area contributed by atoms with Crippen molar-refractivity contribution in [3.05, 3.63) is 28.2 Å². The number of carbonyl (C=O) groups excluding carboxylic acids is 1. The van der Waals surface area contributed by atoms with Crippen LogP contribution in [0, 0.1) is 0 Å². The summed E-state index contributed by atoms with van der Waals surface area (Å²) in [5.74, 6) is -1.13. The second-order valence-electron chi connectivity index (χ2n) is 3.67. The van der Waals surface area contributed by atoms with Gasteiger partial charge >= 0.3 is 5.97 Å². The van der Waals surface area contributed by atoms with Crippen molar-refractivity contribution in [1.82, 2.24) is 0 Å². The Kier molecular flexibility index (Phi) is 5.44. The van der Waals surface area contributed by atoms with E-state index in [1.165, 1.54) is 4.90 Å². The number of nitrogens with zero attached hydrogens (tertiary/aromatic N) is 1. The van der Waals surface area contributed by atoms with Crippen molar-refractivity contribution in [3.8, 4) is 0 Å². The van der Waals surface area contributed by atoms with Crippen molar-refractivity contribution in [2.75, 3.05) is 11.4 Å². The average molecular weight is 290 g/mol. The van der Waals surface area contributed by atoms with Gasteiger partial charge in [-0.25, -0.2) is 0 Å². The van der Waals surface area contributed by atoms with Gasteiger partial charge in [0.1, 0.15) is 0 Å². The third kappa shape index (κ3) is 4.20. The number of carbonyl (C=O) groups is 2. The Morgan fingerprint density at radius 1 is 1.22 bits per heavy atom. The first kappa shape index (κ1) is 14.8. The van der Waals surface area contributed by atoms with Crippen molar-refractivity contribution < 1.29 is 14.7 Å². The molecule has 0 atom stereocenters. The summed E-state index contributed by atoms with van der Waals surface area (Å²) in [7, 11) is 0. The van der Waals surface area contributed by atoms with E-state index in [1.807, 2.05) is 0 Å². The molecule has 0 saturated heterocycles. The van der Waals surface area contributed by atoms with Crippen LogP contribution in [0.4, 0.5) is 5.69 Å². The number of benzene rings is 1. The number of halogens is 2. The number of carboxylic acids is 1. The molecular weight excluding hydrogens is 277 g/mol. The number of hydrogen-bond donors (Lipinski definition) is 1. The van der Waals surface area contributed by atoms with E-state index in [-0.39, 0.29) is 25.3 Å². The Morgan fingerprint density at radius 3 is 2.22 bits per heavy atom. The molecule has 4 nitrogen and oxygen atoms in total. The minimum Gasteiger partial charge on any atom is -0.481 e. The lowest BCUT2D eigenvalue weighted by atomic mass is 10.2. The second-order valence-corrected chi connectivity index (χ2v) is 4.54. The van der Waals surface area contributed by atoms with E-state index in [0.717, 1.165) is 0 Å². The largest absolute Gasteiger partial charge is 0.481 e. The van der Waals surface area contributed by atoms with Crippen LogP contribution < -0.4 is 4.90 Å². The highest BCUT2D eigenvalue weighted by molar-refractivity contribution is 6.35. The van der Waals surface area contributed by atoms with Crippen LogP contribution in [0.15, 0.2) is 18.2 Å². The average Bonchev–Trinajstić information content (AvgIpc) is 2.27. The summed E-state index contributed by atoms with van der Waals surface area (Å²) < 4.78 is 0. The summed E-state index contributed by atoms with van der Waals surface area (Å²) in [6.45, 7) is 1.81. The first-order chi connectivity index (χ1) is 8.43. The first-order valence-electron chi connectivity index (χ1n) is 5.42. The zero-order valence-corrected chi connectivity index (χ0v) is 11.3. The van der Waals surface area contributed by atoms with Gasteiger partial charge in [-0.3, -0.25) is 9.59 Å². The molecule has 1 rings (SSSR count). The summed E-state index contributed by atoms with van der Waals surface area (Å²) in [5.41, 5.74) is 0.514. The molecule has 6 heteroatoms. The number of aliphatic carboxylic acids is 1. The highest BCUT2D eigenvalue weighted by Crippen LogP contribution is 2.26. The predicted molar refractivity (Wildman–Crippen MR) is 71.4 cm³/mol. The van der Waals surface area contributed by atoms with Gasteiger partial charge in [0.15, 0.2) is 0 Å². The van der Waals surface area contributed by atoms with Gasteiger partial charge in [-0.05, 0) is 18.2 Å². The van der Waals surface area contributed by atoms with Gasteiger partial charge in [0.05, 0.1) is 6.42 Å². The maximum atomic E-state index is 11.8. The third-order valence-corrected chi connectivity index (χ3v) is 2.75. The van der Waals surface area contributed by atoms with Gasteiger partial charge in [-0.15, -0.1) is 0 Å². The van der Waals surface area contributed by atoms with Crippen molar-refractivity contribution in [1.29, 1.82) is 0 Å². The van der Waals surface area contributed by atoms with Crippen LogP contribution >= 0.6 is 23.2 Å². The Labute approximate surface area is 115 Å². The lowest BCUT2D eigenvalue weighted by Crippen LogP contribution is -2.32. The maximum absolute atomic E-state index is 11.8.